The van der Waals surface area contributed by atoms with Gasteiger partial charge in [-0.05, 0) is 31.1 Å². The van der Waals surface area contributed by atoms with Crippen molar-refractivity contribution in [3.05, 3.63) is 0 Å². The molecule has 0 aromatic rings. The molecule has 1 atom stereocenters. The predicted molar refractivity (Wildman–Crippen MR) is 68.9 cm³/mol. The second kappa shape index (κ2) is 6.84. The summed E-state index contributed by atoms with van der Waals surface area (Å²) in [7, 11) is 0. The summed E-state index contributed by atoms with van der Waals surface area (Å²) in [6.45, 7) is 4.92. The number of aliphatic hydroxyl groups excluding tert-OH is 1. The number of carbonyl (C=O) groups is 1. The zero-order valence-electron chi connectivity index (χ0n) is 11.1. The molecule has 1 unspecified atom stereocenters. The molecule has 100 valence electrons. The average Bonchev–Trinajstić information content (AvgIpc) is 2.29. The molecule has 4 nitrogen and oxygen atoms in total. The number of amides is 2. The molecule has 0 aliphatic heterocycles. The molecule has 1 aliphatic rings. The van der Waals surface area contributed by atoms with Gasteiger partial charge in [-0.2, -0.15) is 0 Å². The van der Waals surface area contributed by atoms with E-state index in [-0.39, 0.29) is 18.7 Å². The van der Waals surface area contributed by atoms with Crippen molar-refractivity contribution >= 4 is 6.03 Å². The molecule has 4 heteroatoms. The van der Waals surface area contributed by atoms with Gasteiger partial charge < -0.3 is 15.7 Å². The summed E-state index contributed by atoms with van der Waals surface area (Å²) in [6, 6.07) is -0.271. The van der Waals surface area contributed by atoms with Crippen LogP contribution in [0.5, 0.6) is 0 Å². The van der Waals surface area contributed by atoms with Crippen LogP contribution in [0.2, 0.25) is 0 Å². The second-order valence-electron chi connectivity index (χ2n) is 5.22. The van der Waals surface area contributed by atoms with Gasteiger partial charge in [0.2, 0.25) is 0 Å². The molecule has 1 fully saturated rings. The minimum atomic E-state index is -0.145. The first-order valence-electron chi connectivity index (χ1n) is 6.81. The molecular weight excluding hydrogens is 216 g/mol. The van der Waals surface area contributed by atoms with Gasteiger partial charge in [-0.15, -0.1) is 0 Å². The van der Waals surface area contributed by atoms with Crippen LogP contribution in [0, 0.1) is 5.41 Å². The van der Waals surface area contributed by atoms with Gasteiger partial charge in [0.1, 0.15) is 0 Å². The summed E-state index contributed by atoms with van der Waals surface area (Å²) >= 11 is 0. The molecule has 1 aliphatic carbocycles. The van der Waals surface area contributed by atoms with Crippen LogP contribution in [0.4, 0.5) is 4.79 Å². The number of hydrogen-bond donors (Lipinski definition) is 3. The molecular formula is C13H26N2O2. The minimum Gasteiger partial charge on any atom is -0.394 e. The van der Waals surface area contributed by atoms with Crippen LogP contribution >= 0.6 is 0 Å². The third-order valence-corrected chi connectivity index (χ3v) is 3.87. The lowest BCUT2D eigenvalue weighted by Crippen LogP contribution is -2.48. The SMILES string of the molecule is CCCC1(CNC(=O)NC(CC)CO)CCC1. The van der Waals surface area contributed by atoms with Crippen LogP contribution in [0.15, 0.2) is 0 Å². The molecule has 0 saturated heterocycles. The van der Waals surface area contributed by atoms with E-state index in [1.54, 1.807) is 0 Å². The van der Waals surface area contributed by atoms with Gasteiger partial charge in [0.25, 0.3) is 0 Å². The van der Waals surface area contributed by atoms with Gasteiger partial charge in [0, 0.05) is 6.54 Å². The Labute approximate surface area is 104 Å². The van der Waals surface area contributed by atoms with E-state index in [0.717, 1.165) is 13.0 Å². The van der Waals surface area contributed by atoms with Crippen LogP contribution < -0.4 is 10.6 Å². The Hall–Kier alpha value is -0.770. The maximum Gasteiger partial charge on any atom is 0.315 e. The Kier molecular flexibility index (Phi) is 5.75. The van der Waals surface area contributed by atoms with Crippen LogP contribution in [0.25, 0.3) is 0 Å². The molecule has 0 aromatic heterocycles. The van der Waals surface area contributed by atoms with Crippen LogP contribution in [0.3, 0.4) is 0 Å². The molecule has 1 saturated carbocycles. The van der Waals surface area contributed by atoms with E-state index < -0.39 is 0 Å². The standard InChI is InChI=1S/C13H26N2O2/c1-3-6-13(7-5-8-13)10-14-12(17)15-11(4-2)9-16/h11,16H,3-10H2,1-2H3,(H2,14,15,17). The fraction of sp³-hybridized carbons (Fsp3) is 0.923. The van der Waals surface area contributed by atoms with Crippen molar-refractivity contribution in [3.63, 3.8) is 0 Å². The lowest BCUT2D eigenvalue weighted by Gasteiger charge is -2.42. The summed E-state index contributed by atoms with van der Waals surface area (Å²) in [5.74, 6) is 0. The summed E-state index contributed by atoms with van der Waals surface area (Å²) in [5, 5.41) is 14.7. The zero-order chi connectivity index (χ0) is 12.7. The lowest BCUT2D eigenvalue weighted by molar-refractivity contribution is 0.117. The van der Waals surface area contributed by atoms with Gasteiger partial charge in [-0.1, -0.05) is 26.7 Å². The number of hydrogen-bond acceptors (Lipinski definition) is 2. The summed E-state index contributed by atoms with van der Waals surface area (Å²) in [4.78, 5) is 11.6. The second-order valence-corrected chi connectivity index (χ2v) is 5.22. The zero-order valence-corrected chi connectivity index (χ0v) is 11.1. The van der Waals surface area contributed by atoms with Gasteiger partial charge in [0.05, 0.1) is 12.6 Å². The summed E-state index contributed by atoms with van der Waals surface area (Å²) in [5.41, 5.74) is 0.354. The predicted octanol–water partition coefficient (Wildman–Crippen LogP) is 2.03. The van der Waals surface area contributed by atoms with Crippen LogP contribution in [-0.2, 0) is 0 Å². The number of urea groups is 1. The van der Waals surface area contributed by atoms with E-state index >= 15 is 0 Å². The van der Waals surface area contributed by atoms with Gasteiger partial charge >= 0.3 is 6.03 Å². The quantitative estimate of drug-likeness (QED) is 0.639. The Morgan fingerprint density at radius 1 is 1.41 bits per heavy atom. The van der Waals surface area contributed by atoms with Crippen LogP contribution in [0.1, 0.15) is 52.4 Å². The minimum absolute atomic E-state index is 0.00399. The summed E-state index contributed by atoms with van der Waals surface area (Å²) in [6.07, 6.45) is 6.89. The largest absolute Gasteiger partial charge is 0.394 e. The van der Waals surface area contributed by atoms with Crippen molar-refractivity contribution in [2.24, 2.45) is 5.41 Å². The van der Waals surface area contributed by atoms with E-state index in [0.29, 0.717) is 5.41 Å². The highest BCUT2D eigenvalue weighted by atomic mass is 16.3. The Morgan fingerprint density at radius 2 is 2.12 bits per heavy atom. The van der Waals surface area contributed by atoms with Gasteiger partial charge in [-0.3, -0.25) is 0 Å². The average molecular weight is 242 g/mol. The number of nitrogens with one attached hydrogen (secondary N) is 2. The monoisotopic (exact) mass is 242 g/mol. The molecule has 0 bridgehead atoms. The number of carbonyl (C=O) groups excluding carboxylic acids is 1. The van der Waals surface area contributed by atoms with E-state index in [9.17, 15) is 4.79 Å². The lowest BCUT2D eigenvalue weighted by atomic mass is 9.66. The summed E-state index contributed by atoms with van der Waals surface area (Å²) < 4.78 is 0. The fourth-order valence-corrected chi connectivity index (χ4v) is 2.50. The molecule has 0 aromatic carbocycles. The van der Waals surface area contributed by atoms with E-state index in [2.05, 4.69) is 17.6 Å². The first kappa shape index (κ1) is 14.3. The number of aliphatic hydroxyl groups is 1. The molecule has 3 N–H and O–H groups in total. The van der Waals surface area contributed by atoms with Gasteiger partial charge in [-0.25, -0.2) is 4.79 Å². The third-order valence-electron chi connectivity index (χ3n) is 3.87. The van der Waals surface area contributed by atoms with Crippen molar-refractivity contribution in [1.82, 2.24) is 10.6 Å². The smallest absolute Gasteiger partial charge is 0.315 e. The Morgan fingerprint density at radius 3 is 2.53 bits per heavy atom. The first-order valence-corrected chi connectivity index (χ1v) is 6.81. The van der Waals surface area contributed by atoms with Crippen molar-refractivity contribution in [2.75, 3.05) is 13.2 Å². The Bertz CT molecular complexity index is 236. The highest BCUT2D eigenvalue weighted by Gasteiger charge is 2.36. The molecule has 17 heavy (non-hydrogen) atoms. The molecule has 1 rings (SSSR count). The third kappa shape index (κ3) is 4.19. The molecule has 0 heterocycles. The molecule has 0 spiro atoms. The van der Waals surface area contributed by atoms with Crippen molar-refractivity contribution in [3.8, 4) is 0 Å². The van der Waals surface area contributed by atoms with E-state index in [1.165, 1.54) is 32.1 Å². The van der Waals surface area contributed by atoms with Gasteiger partial charge in [0.15, 0.2) is 0 Å². The van der Waals surface area contributed by atoms with Crippen molar-refractivity contribution in [2.45, 2.75) is 58.4 Å². The maximum atomic E-state index is 11.6. The number of rotatable bonds is 7. The topological polar surface area (TPSA) is 61.4 Å². The van der Waals surface area contributed by atoms with Crippen molar-refractivity contribution in [1.29, 1.82) is 0 Å². The molecule has 0 radical (unpaired) electrons. The van der Waals surface area contributed by atoms with E-state index in [4.69, 9.17) is 5.11 Å². The highest BCUT2D eigenvalue weighted by Crippen LogP contribution is 2.44. The first-order chi connectivity index (χ1) is 8.15. The highest BCUT2D eigenvalue weighted by molar-refractivity contribution is 5.74. The molecule has 2 amide bonds. The van der Waals surface area contributed by atoms with Crippen LogP contribution in [-0.4, -0.2) is 30.3 Å². The maximum absolute atomic E-state index is 11.6. The van der Waals surface area contributed by atoms with E-state index in [1.807, 2.05) is 6.92 Å². The Balaban J connectivity index is 2.27. The normalized spacial score (nSPS) is 19.2. The fourth-order valence-electron chi connectivity index (χ4n) is 2.50. The van der Waals surface area contributed by atoms with Crippen molar-refractivity contribution < 1.29 is 9.90 Å².